The molecule has 3 aromatic rings. The molecule has 0 bridgehead atoms. The summed E-state index contributed by atoms with van der Waals surface area (Å²) in [4.78, 5) is 12.2. The van der Waals surface area contributed by atoms with E-state index >= 15 is 0 Å². The van der Waals surface area contributed by atoms with E-state index in [1.165, 1.54) is 0 Å². The third-order valence-electron chi connectivity index (χ3n) is 4.17. The Morgan fingerprint density at radius 1 is 1.39 bits per heavy atom. The summed E-state index contributed by atoms with van der Waals surface area (Å²) in [5.41, 5.74) is 4.05. The predicted molar refractivity (Wildman–Crippen MR) is 92.7 cm³/mol. The maximum absolute atomic E-state index is 12.2. The first kappa shape index (κ1) is 14.5. The number of halogens is 1. The van der Waals surface area contributed by atoms with Gasteiger partial charge in [-0.2, -0.15) is 16.4 Å². The van der Waals surface area contributed by atoms with Crippen molar-refractivity contribution < 1.29 is 4.79 Å². The van der Waals surface area contributed by atoms with E-state index in [0.717, 1.165) is 28.2 Å². The van der Waals surface area contributed by atoms with E-state index in [0.29, 0.717) is 11.4 Å². The zero-order chi connectivity index (χ0) is 16.0. The van der Waals surface area contributed by atoms with Crippen molar-refractivity contribution in [2.75, 3.05) is 5.32 Å². The molecule has 2 aromatic heterocycles. The van der Waals surface area contributed by atoms with Crippen LogP contribution in [0.1, 0.15) is 29.0 Å². The molecule has 1 atom stereocenters. The van der Waals surface area contributed by atoms with Crippen LogP contribution in [-0.4, -0.2) is 15.7 Å². The zero-order valence-electron chi connectivity index (χ0n) is 12.4. The molecular formula is C17H14ClN3OS. The minimum absolute atomic E-state index is 0.00802. The lowest BCUT2D eigenvalue weighted by molar-refractivity contribution is -0.116. The number of fused-ring (bicyclic) bond motifs is 1. The smallest absolute Gasteiger partial charge is 0.226 e. The molecule has 4 rings (SSSR count). The highest BCUT2D eigenvalue weighted by atomic mass is 35.5. The topological polar surface area (TPSA) is 46.9 Å². The Morgan fingerprint density at radius 3 is 3.00 bits per heavy atom. The fourth-order valence-electron chi connectivity index (χ4n) is 2.90. The molecule has 23 heavy (non-hydrogen) atoms. The molecular weight excluding hydrogens is 330 g/mol. The van der Waals surface area contributed by atoms with Crippen molar-refractivity contribution in [1.82, 2.24) is 9.78 Å². The summed E-state index contributed by atoms with van der Waals surface area (Å²) in [6.45, 7) is 1.96. The SMILES string of the molecule is Cc1ccc(-n2ncc3c2NC(=O)CC3c2ccsc2)cc1Cl. The van der Waals surface area contributed by atoms with Crippen molar-refractivity contribution >= 4 is 34.7 Å². The lowest BCUT2D eigenvalue weighted by Gasteiger charge is -2.23. The van der Waals surface area contributed by atoms with Gasteiger partial charge in [0.05, 0.1) is 11.9 Å². The number of nitrogens with one attached hydrogen (secondary N) is 1. The van der Waals surface area contributed by atoms with Crippen molar-refractivity contribution in [1.29, 1.82) is 0 Å². The number of anilines is 1. The monoisotopic (exact) mass is 343 g/mol. The van der Waals surface area contributed by atoms with E-state index in [2.05, 4.69) is 21.9 Å². The van der Waals surface area contributed by atoms with Crippen molar-refractivity contribution in [2.45, 2.75) is 19.3 Å². The summed E-state index contributed by atoms with van der Waals surface area (Å²) in [7, 11) is 0. The second-order valence-electron chi connectivity index (χ2n) is 5.66. The summed E-state index contributed by atoms with van der Waals surface area (Å²) in [6, 6.07) is 7.84. The minimum atomic E-state index is 0.00802. The summed E-state index contributed by atoms with van der Waals surface area (Å²) in [5, 5.41) is 12.2. The number of rotatable bonds is 2. The Labute approximate surface area is 142 Å². The Balaban J connectivity index is 1.83. The van der Waals surface area contributed by atoms with E-state index in [1.807, 2.05) is 36.7 Å². The first-order valence-corrected chi connectivity index (χ1v) is 8.62. The summed E-state index contributed by atoms with van der Waals surface area (Å²) < 4.78 is 1.75. The maximum Gasteiger partial charge on any atom is 0.226 e. The van der Waals surface area contributed by atoms with Gasteiger partial charge in [0.25, 0.3) is 0 Å². The zero-order valence-corrected chi connectivity index (χ0v) is 14.0. The van der Waals surface area contributed by atoms with E-state index in [-0.39, 0.29) is 11.8 Å². The third kappa shape index (κ3) is 2.46. The number of aromatic nitrogens is 2. The maximum atomic E-state index is 12.2. The quantitative estimate of drug-likeness (QED) is 0.751. The first-order chi connectivity index (χ1) is 11.1. The second kappa shape index (κ2) is 5.51. The number of nitrogens with zero attached hydrogens (tertiary/aromatic N) is 2. The lowest BCUT2D eigenvalue weighted by Crippen LogP contribution is -2.24. The van der Waals surface area contributed by atoms with Crippen LogP contribution in [0.2, 0.25) is 5.02 Å². The fourth-order valence-corrected chi connectivity index (χ4v) is 3.79. The second-order valence-corrected chi connectivity index (χ2v) is 6.84. The number of hydrogen-bond acceptors (Lipinski definition) is 3. The molecule has 1 N–H and O–H groups in total. The number of amides is 1. The minimum Gasteiger partial charge on any atom is -0.310 e. The Bertz CT molecular complexity index is 885. The van der Waals surface area contributed by atoms with Crippen molar-refractivity contribution in [3.05, 3.63) is 62.9 Å². The van der Waals surface area contributed by atoms with Crippen LogP contribution in [0.25, 0.3) is 5.69 Å². The van der Waals surface area contributed by atoms with Gasteiger partial charge in [0, 0.05) is 22.9 Å². The van der Waals surface area contributed by atoms with Crippen LogP contribution in [0.4, 0.5) is 5.82 Å². The third-order valence-corrected chi connectivity index (χ3v) is 5.27. The molecule has 1 unspecified atom stereocenters. The number of hydrogen-bond donors (Lipinski definition) is 1. The van der Waals surface area contributed by atoms with Gasteiger partial charge in [-0.15, -0.1) is 0 Å². The number of thiophene rings is 1. The van der Waals surface area contributed by atoms with Gasteiger partial charge in [0.15, 0.2) is 0 Å². The summed E-state index contributed by atoms with van der Waals surface area (Å²) in [5.74, 6) is 0.797. The molecule has 0 radical (unpaired) electrons. The molecule has 0 saturated carbocycles. The van der Waals surface area contributed by atoms with Gasteiger partial charge in [0.2, 0.25) is 5.91 Å². The van der Waals surface area contributed by atoms with Crippen LogP contribution in [0.3, 0.4) is 0 Å². The Kier molecular flexibility index (Phi) is 3.47. The molecule has 0 aliphatic carbocycles. The molecule has 116 valence electrons. The van der Waals surface area contributed by atoms with Crippen LogP contribution in [-0.2, 0) is 4.79 Å². The summed E-state index contributed by atoms with van der Waals surface area (Å²) in [6.07, 6.45) is 2.29. The van der Waals surface area contributed by atoms with Gasteiger partial charge < -0.3 is 5.32 Å². The molecule has 3 heterocycles. The van der Waals surface area contributed by atoms with Crippen molar-refractivity contribution in [3.63, 3.8) is 0 Å². The normalized spacial score (nSPS) is 17.0. The highest BCUT2D eigenvalue weighted by Gasteiger charge is 2.30. The Hall–Kier alpha value is -2.11. The average Bonchev–Trinajstić information content (AvgIpc) is 3.18. The van der Waals surface area contributed by atoms with Crippen LogP contribution in [0.15, 0.2) is 41.2 Å². The molecule has 4 nitrogen and oxygen atoms in total. The van der Waals surface area contributed by atoms with Gasteiger partial charge in [-0.05, 0) is 47.0 Å². The van der Waals surface area contributed by atoms with Gasteiger partial charge in [-0.1, -0.05) is 17.7 Å². The average molecular weight is 344 g/mol. The predicted octanol–water partition coefficient (Wildman–Crippen LogP) is 4.37. The van der Waals surface area contributed by atoms with E-state index in [4.69, 9.17) is 11.6 Å². The number of benzene rings is 1. The van der Waals surface area contributed by atoms with Gasteiger partial charge in [-0.25, -0.2) is 4.68 Å². The van der Waals surface area contributed by atoms with E-state index in [9.17, 15) is 4.79 Å². The standard InChI is InChI=1S/C17H14ClN3OS/c1-10-2-3-12(6-15(10)18)21-17-14(8-19-21)13(7-16(22)20-17)11-4-5-23-9-11/h2-6,8-9,13H,7H2,1H3,(H,20,22). The number of carbonyl (C=O) groups excluding carboxylic acids is 1. The number of aryl methyl sites for hydroxylation is 1. The lowest BCUT2D eigenvalue weighted by atomic mass is 9.89. The van der Waals surface area contributed by atoms with Crippen LogP contribution in [0, 0.1) is 6.92 Å². The molecule has 1 amide bonds. The van der Waals surface area contributed by atoms with Crippen molar-refractivity contribution in [3.8, 4) is 5.69 Å². The van der Waals surface area contributed by atoms with E-state index in [1.54, 1.807) is 16.0 Å². The van der Waals surface area contributed by atoms with Crippen LogP contribution >= 0.6 is 22.9 Å². The fraction of sp³-hybridized carbons (Fsp3) is 0.176. The highest BCUT2D eigenvalue weighted by Crippen LogP contribution is 2.38. The molecule has 1 aliphatic heterocycles. The van der Waals surface area contributed by atoms with Crippen molar-refractivity contribution in [2.24, 2.45) is 0 Å². The van der Waals surface area contributed by atoms with Crippen LogP contribution < -0.4 is 5.32 Å². The Morgan fingerprint density at radius 2 is 2.26 bits per heavy atom. The van der Waals surface area contributed by atoms with E-state index < -0.39 is 0 Å². The summed E-state index contributed by atoms with van der Waals surface area (Å²) >= 11 is 7.86. The van der Waals surface area contributed by atoms with Gasteiger partial charge in [-0.3, -0.25) is 4.79 Å². The molecule has 1 aromatic carbocycles. The molecule has 0 spiro atoms. The number of carbonyl (C=O) groups is 1. The molecule has 6 heteroatoms. The van der Waals surface area contributed by atoms with Gasteiger partial charge in [0.1, 0.15) is 5.82 Å². The van der Waals surface area contributed by atoms with Gasteiger partial charge >= 0.3 is 0 Å². The first-order valence-electron chi connectivity index (χ1n) is 7.30. The molecule has 1 aliphatic rings. The largest absolute Gasteiger partial charge is 0.310 e. The highest BCUT2D eigenvalue weighted by molar-refractivity contribution is 7.08. The molecule has 0 saturated heterocycles. The van der Waals surface area contributed by atoms with Crippen LogP contribution in [0.5, 0.6) is 0 Å². The molecule has 0 fully saturated rings.